The van der Waals surface area contributed by atoms with E-state index in [-0.39, 0.29) is 4.90 Å². The van der Waals surface area contributed by atoms with Gasteiger partial charge in [0.2, 0.25) is 0 Å². The van der Waals surface area contributed by atoms with E-state index in [0.717, 1.165) is 12.2 Å². The number of carbonyl (C=O) groups is 3. The second kappa shape index (κ2) is 4.07. The minimum Gasteiger partial charge on any atom is -0.351 e. The molecule has 5 heteroatoms. The summed E-state index contributed by atoms with van der Waals surface area (Å²) in [6.45, 7) is 6.19. The maximum atomic E-state index is 10.8. The summed E-state index contributed by atoms with van der Waals surface area (Å²) >= 11 is 0. The number of imide groups is 3. The number of carbonyl (C=O) groups excluding carboxylic acids is 3. The molecule has 0 unspecified atom stereocenters. The molecule has 2 N–H and O–H groups in total. The molecule has 0 aromatic rings. The monoisotopic (exact) mass is 168 g/mol. The lowest BCUT2D eigenvalue weighted by molar-refractivity contribution is -0.134. The van der Waals surface area contributed by atoms with Crippen LogP contribution in [0.25, 0.3) is 0 Å². The van der Waals surface area contributed by atoms with Gasteiger partial charge in [-0.05, 0) is 12.2 Å². The highest BCUT2D eigenvalue weighted by molar-refractivity contribution is 6.15. The summed E-state index contributed by atoms with van der Waals surface area (Å²) in [7, 11) is 0. The number of nitrogens with zero attached hydrogens (tertiary/aromatic N) is 1. The van der Waals surface area contributed by atoms with Crippen LogP contribution >= 0.6 is 0 Å². The molecule has 0 radical (unpaired) electrons. The Bertz CT molecular complexity index is 237. The molecule has 0 aromatic heterocycles. The first kappa shape index (κ1) is 10.1. The van der Waals surface area contributed by atoms with E-state index in [9.17, 15) is 14.4 Å². The van der Waals surface area contributed by atoms with Gasteiger partial charge in [-0.3, -0.25) is 9.59 Å². The van der Waals surface area contributed by atoms with Crippen molar-refractivity contribution in [2.45, 2.75) is 0 Å². The van der Waals surface area contributed by atoms with Crippen molar-refractivity contribution in [3.63, 3.8) is 0 Å². The molecule has 4 amide bonds. The number of hydrogen-bond acceptors (Lipinski definition) is 3. The molecule has 0 atom stereocenters. The normalized spacial score (nSPS) is 8.33. The highest BCUT2D eigenvalue weighted by atomic mass is 16.2. The maximum Gasteiger partial charge on any atom is 0.328 e. The van der Waals surface area contributed by atoms with E-state index in [1.54, 1.807) is 0 Å². The molecule has 0 saturated carbocycles. The summed E-state index contributed by atoms with van der Waals surface area (Å²) in [5.74, 6) is -1.74. The Balaban J connectivity index is 4.78. The zero-order valence-corrected chi connectivity index (χ0v) is 6.32. The van der Waals surface area contributed by atoms with Gasteiger partial charge in [0.25, 0.3) is 11.8 Å². The van der Waals surface area contributed by atoms with E-state index in [0.29, 0.717) is 0 Å². The van der Waals surface area contributed by atoms with Crippen LogP contribution in [0.5, 0.6) is 0 Å². The third kappa shape index (κ3) is 2.05. The Kier molecular flexibility index (Phi) is 3.42. The zero-order chi connectivity index (χ0) is 9.72. The Morgan fingerprint density at radius 1 is 1.08 bits per heavy atom. The van der Waals surface area contributed by atoms with Gasteiger partial charge in [0.1, 0.15) is 0 Å². The standard InChI is InChI=1S/C7H8N2O3/c1-3-5(10)9(7(8)12)6(11)4-2/h3-4H,1-2H2,(H2,8,12). The number of urea groups is 1. The first-order valence-corrected chi connectivity index (χ1v) is 2.97. The fourth-order valence-electron chi connectivity index (χ4n) is 0.508. The van der Waals surface area contributed by atoms with Gasteiger partial charge >= 0.3 is 6.03 Å². The molecule has 0 aliphatic carbocycles. The van der Waals surface area contributed by atoms with Gasteiger partial charge in [-0.1, -0.05) is 13.2 Å². The lowest BCUT2D eigenvalue weighted by Gasteiger charge is -2.10. The van der Waals surface area contributed by atoms with Crippen LogP contribution in [0.15, 0.2) is 25.3 Å². The topological polar surface area (TPSA) is 80.5 Å². The van der Waals surface area contributed by atoms with Crippen LogP contribution in [-0.4, -0.2) is 22.7 Å². The Labute approximate surface area is 69.1 Å². The lowest BCUT2D eigenvalue weighted by Crippen LogP contribution is -2.43. The summed E-state index contributed by atoms with van der Waals surface area (Å²) in [4.78, 5) is 32.3. The van der Waals surface area contributed by atoms with Crippen LogP contribution in [0.1, 0.15) is 0 Å². The van der Waals surface area contributed by atoms with Gasteiger partial charge in [0, 0.05) is 0 Å². The molecule has 0 fully saturated rings. The summed E-state index contributed by atoms with van der Waals surface area (Å²) in [6, 6.07) is -1.15. The Hall–Kier alpha value is -1.91. The summed E-state index contributed by atoms with van der Waals surface area (Å²) < 4.78 is 0. The minimum absolute atomic E-state index is 0.236. The van der Waals surface area contributed by atoms with Gasteiger partial charge in [-0.25, -0.2) is 4.79 Å². The molecule has 5 nitrogen and oxygen atoms in total. The third-order valence-corrected chi connectivity index (χ3v) is 1.01. The van der Waals surface area contributed by atoms with Crippen LogP contribution < -0.4 is 5.73 Å². The first-order chi connectivity index (χ1) is 5.54. The predicted octanol–water partition coefficient (Wildman–Crippen LogP) is -0.208. The van der Waals surface area contributed by atoms with Crippen LogP contribution in [0.2, 0.25) is 0 Å². The van der Waals surface area contributed by atoms with E-state index < -0.39 is 17.8 Å². The van der Waals surface area contributed by atoms with Gasteiger partial charge in [0.15, 0.2) is 0 Å². The van der Waals surface area contributed by atoms with E-state index in [1.807, 2.05) is 0 Å². The molecule has 0 aliphatic rings. The van der Waals surface area contributed by atoms with Crippen molar-refractivity contribution >= 4 is 17.8 Å². The molecule has 64 valence electrons. The number of hydrogen-bond donors (Lipinski definition) is 1. The molecule has 0 heterocycles. The molecular weight excluding hydrogens is 160 g/mol. The van der Waals surface area contributed by atoms with Gasteiger partial charge < -0.3 is 5.73 Å². The van der Waals surface area contributed by atoms with Gasteiger partial charge in [-0.15, -0.1) is 0 Å². The third-order valence-electron chi connectivity index (χ3n) is 1.01. The average molecular weight is 168 g/mol. The zero-order valence-electron chi connectivity index (χ0n) is 6.32. The van der Waals surface area contributed by atoms with Crippen LogP contribution in [0.3, 0.4) is 0 Å². The van der Waals surface area contributed by atoms with Crippen molar-refractivity contribution in [3.05, 3.63) is 25.3 Å². The molecule has 0 rings (SSSR count). The number of rotatable bonds is 2. The van der Waals surface area contributed by atoms with Crippen molar-refractivity contribution in [1.29, 1.82) is 0 Å². The first-order valence-electron chi connectivity index (χ1n) is 2.97. The van der Waals surface area contributed by atoms with Crippen LogP contribution in [0, 0.1) is 0 Å². The SMILES string of the molecule is C=CC(=O)N(C(N)=O)C(=O)C=C. The number of primary amides is 1. The highest BCUT2D eigenvalue weighted by Gasteiger charge is 2.21. The Morgan fingerprint density at radius 3 is 1.58 bits per heavy atom. The minimum atomic E-state index is -1.15. The number of amides is 4. The average Bonchev–Trinajstić information content (AvgIpc) is 2.03. The lowest BCUT2D eigenvalue weighted by atomic mass is 10.4. The summed E-state index contributed by atoms with van der Waals surface area (Å²) in [5.41, 5.74) is 4.74. The quantitative estimate of drug-likeness (QED) is 0.579. The molecule has 0 aromatic carbocycles. The van der Waals surface area contributed by atoms with E-state index in [4.69, 9.17) is 5.73 Å². The van der Waals surface area contributed by atoms with Crippen molar-refractivity contribution in [2.24, 2.45) is 5.73 Å². The molecule has 12 heavy (non-hydrogen) atoms. The van der Waals surface area contributed by atoms with Crippen molar-refractivity contribution in [3.8, 4) is 0 Å². The molecule has 0 saturated heterocycles. The highest BCUT2D eigenvalue weighted by Crippen LogP contribution is 1.92. The molecule has 0 spiro atoms. The van der Waals surface area contributed by atoms with Crippen LogP contribution in [-0.2, 0) is 9.59 Å². The van der Waals surface area contributed by atoms with Crippen molar-refractivity contribution < 1.29 is 14.4 Å². The molecule has 0 aliphatic heterocycles. The largest absolute Gasteiger partial charge is 0.351 e. The van der Waals surface area contributed by atoms with E-state index in [1.165, 1.54) is 0 Å². The van der Waals surface area contributed by atoms with Crippen molar-refractivity contribution in [2.75, 3.05) is 0 Å². The summed E-state index contributed by atoms with van der Waals surface area (Å²) in [5, 5.41) is 0. The predicted molar refractivity (Wildman–Crippen MR) is 41.8 cm³/mol. The molecular formula is C7H8N2O3. The fourth-order valence-corrected chi connectivity index (χ4v) is 0.508. The second-order valence-electron chi connectivity index (χ2n) is 1.76. The van der Waals surface area contributed by atoms with E-state index >= 15 is 0 Å². The smallest absolute Gasteiger partial charge is 0.328 e. The Morgan fingerprint density at radius 2 is 1.42 bits per heavy atom. The molecule has 0 bridgehead atoms. The maximum absolute atomic E-state index is 10.8. The van der Waals surface area contributed by atoms with Crippen molar-refractivity contribution in [1.82, 2.24) is 4.90 Å². The summed E-state index contributed by atoms with van der Waals surface area (Å²) in [6.07, 6.45) is 1.62. The van der Waals surface area contributed by atoms with Gasteiger partial charge in [-0.2, -0.15) is 4.90 Å². The number of nitrogens with two attached hydrogens (primary N) is 1. The van der Waals surface area contributed by atoms with Crippen LogP contribution in [0.4, 0.5) is 4.79 Å². The van der Waals surface area contributed by atoms with Gasteiger partial charge in [0.05, 0.1) is 0 Å². The fraction of sp³-hybridized carbons (Fsp3) is 0. The van der Waals surface area contributed by atoms with E-state index in [2.05, 4.69) is 13.2 Å². The second-order valence-corrected chi connectivity index (χ2v) is 1.76.